The number of benzene rings is 1. The molecule has 0 bridgehead atoms. The summed E-state index contributed by atoms with van der Waals surface area (Å²) in [4.78, 5) is 0. The maximum atomic E-state index is 5.63. The Morgan fingerprint density at radius 1 is 1.38 bits per heavy atom. The quantitative estimate of drug-likeness (QED) is 0.792. The van der Waals surface area contributed by atoms with E-state index in [2.05, 4.69) is 31.7 Å². The fourth-order valence-electron chi connectivity index (χ4n) is 1.60. The van der Waals surface area contributed by atoms with E-state index in [1.54, 1.807) is 10.9 Å². The van der Waals surface area contributed by atoms with Gasteiger partial charge < -0.3 is 15.4 Å². The van der Waals surface area contributed by atoms with E-state index in [-0.39, 0.29) is 0 Å². The number of hydrogen-bond acceptors (Lipinski definition) is 3. The lowest BCUT2D eigenvalue weighted by Crippen LogP contribution is -2.33. The maximum Gasteiger partial charge on any atom is 0.180 e. The molecule has 2 aromatic rings. The van der Waals surface area contributed by atoms with Crippen molar-refractivity contribution in [3.05, 3.63) is 41.1 Å². The van der Waals surface area contributed by atoms with Crippen molar-refractivity contribution < 1.29 is 4.74 Å². The van der Waals surface area contributed by atoms with Gasteiger partial charge >= 0.3 is 0 Å². The number of nitrogens with one attached hydrogen (secondary N) is 2. The molecular weight excluding hydrogens is 352 g/mol. The van der Waals surface area contributed by atoms with E-state index in [0.29, 0.717) is 17.9 Å². The molecule has 0 saturated heterocycles. The molecule has 1 aromatic carbocycles. The molecule has 0 unspecified atom stereocenters. The van der Waals surface area contributed by atoms with E-state index >= 15 is 0 Å². The Balaban J connectivity index is 1.85. The van der Waals surface area contributed by atoms with Crippen molar-refractivity contribution >= 4 is 38.9 Å². The van der Waals surface area contributed by atoms with Crippen LogP contribution in [0.25, 0.3) is 0 Å². The lowest BCUT2D eigenvalue weighted by Gasteiger charge is -2.11. The molecule has 0 spiro atoms. The minimum Gasteiger partial charge on any atom is -0.471 e. The van der Waals surface area contributed by atoms with Crippen molar-refractivity contribution in [1.29, 1.82) is 0 Å². The third-order valence-electron chi connectivity index (χ3n) is 2.49. The Bertz CT molecular complexity index is 597. The monoisotopic (exact) mass is 368 g/mol. The van der Waals surface area contributed by atoms with Crippen molar-refractivity contribution in [2.75, 3.05) is 5.32 Å². The highest BCUT2D eigenvalue weighted by atomic mass is 79.9. The van der Waals surface area contributed by atoms with Gasteiger partial charge in [0.1, 0.15) is 5.75 Å². The van der Waals surface area contributed by atoms with Crippen LogP contribution >= 0.6 is 28.1 Å². The van der Waals surface area contributed by atoms with E-state index in [0.717, 1.165) is 15.9 Å². The molecule has 0 aliphatic rings. The van der Waals surface area contributed by atoms with Crippen LogP contribution in [-0.2, 0) is 6.73 Å². The standard InChI is InChI=1S/C14H17BrN4OS/c1-10(2)17-14(21)18-12-7-16-19(8-12)9-20-13-5-3-11(15)4-6-13/h3-8,10H,9H2,1-2H3,(H2,17,18,21). The van der Waals surface area contributed by atoms with Gasteiger partial charge in [0.25, 0.3) is 0 Å². The molecule has 0 amide bonds. The molecule has 0 aliphatic heterocycles. The van der Waals surface area contributed by atoms with Crippen LogP contribution in [0.15, 0.2) is 41.1 Å². The Morgan fingerprint density at radius 2 is 2.10 bits per heavy atom. The molecule has 1 aromatic heterocycles. The Hall–Kier alpha value is -1.60. The number of rotatable bonds is 5. The minimum absolute atomic E-state index is 0.292. The summed E-state index contributed by atoms with van der Waals surface area (Å²) in [6, 6.07) is 7.95. The van der Waals surface area contributed by atoms with Crippen LogP contribution in [-0.4, -0.2) is 20.9 Å². The van der Waals surface area contributed by atoms with Crippen molar-refractivity contribution in [3.63, 3.8) is 0 Å². The second-order valence-electron chi connectivity index (χ2n) is 4.75. The van der Waals surface area contributed by atoms with Gasteiger partial charge in [-0.05, 0) is 50.3 Å². The van der Waals surface area contributed by atoms with Crippen molar-refractivity contribution in [3.8, 4) is 5.75 Å². The topological polar surface area (TPSA) is 51.1 Å². The van der Waals surface area contributed by atoms with Gasteiger partial charge in [-0.1, -0.05) is 15.9 Å². The molecule has 0 atom stereocenters. The largest absolute Gasteiger partial charge is 0.471 e. The lowest BCUT2D eigenvalue weighted by atomic mass is 10.3. The van der Waals surface area contributed by atoms with Crippen LogP contribution in [0.2, 0.25) is 0 Å². The fourth-order valence-corrected chi connectivity index (χ4v) is 2.22. The van der Waals surface area contributed by atoms with Crippen LogP contribution < -0.4 is 15.4 Å². The highest BCUT2D eigenvalue weighted by Crippen LogP contribution is 2.16. The summed E-state index contributed by atoms with van der Waals surface area (Å²) >= 11 is 8.56. The number of nitrogens with zero attached hydrogens (tertiary/aromatic N) is 2. The van der Waals surface area contributed by atoms with E-state index in [1.807, 2.05) is 44.3 Å². The van der Waals surface area contributed by atoms with Crippen LogP contribution in [0.4, 0.5) is 5.69 Å². The molecular formula is C14H17BrN4OS. The average Bonchev–Trinajstić information content (AvgIpc) is 2.84. The molecule has 7 heteroatoms. The van der Waals surface area contributed by atoms with E-state index < -0.39 is 0 Å². The predicted molar refractivity (Wildman–Crippen MR) is 91.5 cm³/mol. The molecule has 112 valence electrons. The van der Waals surface area contributed by atoms with Gasteiger partial charge in [-0.15, -0.1) is 0 Å². The average molecular weight is 369 g/mol. The molecule has 2 rings (SSSR count). The summed E-state index contributed by atoms with van der Waals surface area (Å²) in [6.45, 7) is 4.40. The number of halogens is 1. The molecule has 0 radical (unpaired) electrons. The number of aromatic nitrogens is 2. The summed E-state index contributed by atoms with van der Waals surface area (Å²) in [5.41, 5.74) is 0.826. The normalized spacial score (nSPS) is 10.5. The van der Waals surface area contributed by atoms with Crippen LogP contribution in [0, 0.1) is 0 Å². The first-order valence-corrected chi connectivity index (χ1v) is 7.71. The summed E-state index contributed by atoms with van der Waals surface area (Å²) in [7, 11) is 0. The molecule has 5 nitrogen and oxygen atoms in total. The van der Waals surface area contributed by atoms with Crippen molar-refractivity contribution in [1.82, 2.24) is 15.1 Å². The Kier molecular flexibility index (Phi) is 5.58. The number of ether oxygens (including phenoxy) is 1. The number of thiocarbonyl (C=S) groups is 1. The van der Waals surface area contributed by atoms with Gasteiger partial charge in [-0.2, -0.15) is 5.10 Å². The van der Waals surface area contributed by atoms with Crippen molar-refractivity contribution in [2.45, 2.75) is 26.6 Å². The lowest BCUT2D eigenvalue weighted by molar-refractivity contribution is 0.221. The van der Waals surface area contributed by atoms with Crippen LogP contribution in [0.1, 0.15) is 13.8 Å². The zero-order valence-corrected chi connectivity index (χ0v) is 14.2. The second kappa shape index (κ2) is 7.42. The minimum atomic E-state index is 0.292. The molecule has 21 heavy (non-hydrogen) atoms. The van der Waals surface area contributed by atoms with Gasteiger partial charge in [0, 0.05) is 10.5 Å². The van der Waals surface area contributed by atoms with E-state index in [9.17, 15) is 0 Å². The Labute approximate surface area is 137 Å². The number of hydrogen-bond donors (Lipinski definition) is 2. The fraction of sp³-hybridized carbons (Fsp3) is 0.286. The SMILES string of the molecule is CC(C)NC(=S)Nc1cnn(COc2ccc(Br)cc2)c1. The first-order chi connectivity index (χ1) is 10.0. The van der Waals surface area contributed by atoms with Gasteiger partial charge in [-0.25, -0.2) is 4.68 Å². The third-order valence-corrected chi connectivity index (χ3v) is 3.24. The summed E-state index contributed by atoms with van der Waals surface area (Å²) in [5, 5.41) is 11.0. The molecule has 2 N–H and O–H groups in total. The van der Waals surface area contributed by atoms with Gasteiger partial charge in [-0.3, -0.25) is 0 Å². The Morgan fingerprint density at radius 3 is 2.76 bits per heavy atom. The molecule has 0 saturated carbocycles. The summed E-state index contributed by atoms with van der Waals surface area (Å²) in [6.07, 6.45) is 3.55. The molecule has 0 fully saturated rings. The maximum absolute atomic E-state index is 5.63. The highest BCUT2D eigenvalue weighted by Gasteiger charge is 2.03. The van der Waals surface area contributed by atoms with E-state index in [1.165, 1.54) is 0 Å². The van der Waals surface area contributed by atoms with E-state index in [4.69, 9.17) is 17.0 Å². The van der Waals surface area contributed by atoms with Gasteiger partial charge in [0.05, 0.1) is 18.1 Å². The zero-order chi connectivity index (χ0) is 15.2. The predicted octanol–water partition coefficient (Wildman–Crippen LogP) is 3.38. The van der Waals surface area contributed by atoms with Crippen LogP contribution in [0.5, 0.6) is 5.75 Å². The zero-order valence-electron chi connectivity index (χ0n) is 11.8. The van der Waals surface area contributed by atoms with Gasteiger partial charge in [0.15, 0.2) is 11.8 Å². The molecule has 0 aliphatic carbocycles. The highest BCUT2D eigenvalue weighted by molar-refractivity contribution is 9.10. The summed E-state index contributed by atoms with van der Waals surface area (Å²) < 4.78 is 8.35. The molecule has 1 heterocycles. The number of anilines is 1. The van der Waals surface area contributed by atoms with Crippen molar-refractivity contribution in [2.24, 2.45) is 0 Å². The smallest absolute Gasteiger partial charge is 0.180 e. The first kappa shape index (κ1) is 15.8. The second-order valence-corrected chi connectivity index (χ2v) is 6.07. The van der Waals surface area contributed by atoms with Gasteiger partial charge in [0.2, 0.25) is 0 Å². The van der Waals surface area contributed by atoms with Crippen LogP contribution in [0.3, 0.4) is 0 Å². The first-order valence-electron chi connectivity index (χ1n) is 6.51. The summed E-state index contributed by atoms with van der Waals surface area (Å²) in [5.74, 6) is 0.792. The third kappa shape index (κ3) is 5.35.